The van der Waals surface area contributed by atoms with Gasteiger partial charge in [-0.1, -0.05) is 18.8 Å². The highest BCUT2D eigenvalue weighted by Gasteiger charge is 2.10. The summed E-state index contributed by atoms with van der Waals surface area (Å²) in [6, 6.07) is 4.27. The Morgan fingerprint density at radius 1 is 1.53 bits per heavy atom. The van der Waals surface area contributed by atoms with Crippen LogP contribution in [0.25, 0.3) is 0 Å². The quantitative estimate of drug-likeness (QED) is 0.774. The number of halogens is 1. The van der Waals surface area contributed by atoms with Crippen LogP contribution in [-0.4, -0.2) is 19.0 Å². The number of amides is 1. The van der Waals surface area contributed by atoms with Crippen LogP contribution in [0.15, 0.2) is 18.2 Å². The zero-order chi connectivity index (χ0) is 12.7. The van der Waals surface area contributed by atoms with Crippen LogP contribution in [0, 0.1) is 17.7 Å². The van der Waals surface area contributed by atoms with Crippen molar-refractivity contribution in [3.8, 4) is 11.8 Å². The number of nitrogens with two attached hydrogens (primary N) is 1. The Hall–Kier alpha value is -1.86. The second-order valence-electron chi connectivity index (χ2n) is 3.46. The van der Waals surface area contributed by atoms with Crippen molar-refractivity contribution in [1.82, 2.24) is 5.32 Å². The molecule has 3 nitrogen and oxygen atoms in total. The number of carbonyl (C=O) groups excluding carboxylic acids is 1. The minimum absolute atomic E-state index is 0.0387. The molecule has 1 rings (SSSR count). The molecule has 90 valence electrons. The Morgan fingerprint density at radius 2 is 2.29 bits per heavy atom. The van der Waals surface area contributed by atoms with Gasteiger partial charge in [0.25, 0.3) is 5.91 Å². The van der Waals surface area contributed by atoms with Crippen LogP contribution in [-0.2, 0) is 0 Å². The monoisotopic (exact) mass is 234 g/mol. The number of benzene rings is 1. The molecule has 0 radical (unpaired) electrons. The molecule has 1 aromatic carbocycles. The Morgan fingerprint density at radius 3 is 2.88 bits per heavy atom. The molecule has 0 unspecified atom stereocenters. The van der Waals surface area contributed by atoms with E-state index in [1.807, 2.05) is 6.92 Å². The van der Waals surface area contributed by atoms with E-state index < -0.39 is 11.7 Å². The normalized spacial score (nSPS) is 9.35. The van der Waals surface area contributed by atoms with E-state index in [-0.39, 0.29) is 12.1 Å². The topological polar surface area (TPSA) is 55.1 Å². The highest BCUT2D eigenvalue weighted by atomic mass is 19.1. The van der Waals surface area contributed by atoms with Crippen molar-refractivity contribution in [2.45, 2.75) is 13.3 Å². The molecule has 0 aliphatic carbocycles. The first-order valence-corrected chi connectivity index (χ1v) is 5.45. The van der Waals surface area contributed by atoms with E-state index in [2.05, 4.69) is 17.2 Å². The van der Waals surface area contributed by atoms with E-state index in [0.717, 1.165) is 6.42 Å². The summed E-state index contributed by atoms with van der Waals surface area (Å²) < 4.78 is 13.6. The van der Waals surface area contributed by atoms with E-state index in [0.29, 0.717) is 12.1 Å². The van der Waals surface area contributed by atoms with Crippen LogP contribution in [0.2, 0.25) is 0 Å². The van der Waals surface area contributed by atoms with Gasteiger partial charge in [-0.05, 0) is 24.6 Å². The molecular weight excluding hydrogens is 219 g/mol. The summed E-state index contributed by atoms with van der Waals surface area (Å²) in [5.74, 6) is 4.37. The maximum absolute atomic E-state index is 13.6. The molecule has 0 atom stereocenters. The zero-order valence-electron chi connectivity index (χ0n) is 9.72. The molecule has 0 fully saturated rings. The van der Waals surface area contributed by atoms with E-state index >= 15 is 0 Å². The summed E-state index contributed by atoms with van der Waals surface area (Å²) in [6.45, 7) is 2.69. The Balaban J connectivity index is 2.86. The predicted molar refractivity (Wildman–Crippen MR) is 65.0 cm³/mol. The maximum Gasteiger partial charge on any atom is 0.254 e. The second kappa shape index (κ2) is 6.66. The third-order valence-electron chi connectivity index (χ3n) is 2.08. The van der Waals surface area contributed by atoms with Gasteiger partial charge >= 0.3 is 0 Å². The van der Waals surface area contributed by atoms with Crippen LogP contribution >= 0.6 is 0 Å². The molecule has 0 aliphatic heterocycles. The van der Waals surface area contributed by atoms with Crippen molar-refractivity contribution < 1.29 is 9.18 Å². The van der Waals surface area contributed by atoms with Crippen LogP contribution in [0.4, 0.5) is 4.39 Å². The van der Waals surface area contributed by atoms with Crippen molar-refractivity contribution >= 4 is 5.91 Å². The number of rotatable bonds is 3. The van der Waals surface area contributed by atoms with Crippen LogP contribution in [0.3, 0.4) is 0 Å². The van der Waals surface area contributed by atoms with Gasteiger partial charge in [0.2, 0.25) is 0 Å². The van der Waals surface area contributed by atoms with Gasteiger partial charge in [0.05, 0.1) is 12.1 Å². The number of hydrogen-bond donors (Lipinski definition) is 2. The van der Waals surface area contributed by atoms with Crippen molar-refractivity contribution in [2.24, 2.45) is 5.73 Å². The molecule has 0 heterocycles. The second-order valence-corrected chi connectivity index (χ2v) is 3.46. The standard InChI is InChI=1S/C13H15FN2O/c1-2-8-16-13(17)11-6-5-10(4-3-7-15)9-12(11)14/h5-6,9H,2,7-8,15H2,1H3,(H,16,17). The summed E-state index contributed by atoms with van der Waals surface area (Å²) in [5, 5.41) is 2.62. The van der Waals surface area contributed by atoms with Gasteiger partial charge in [-0.3, -0.25) is 4.79 Å². The van der Waals surface area contributed by atoms with Crippen LogP contribution in [0.1, 0.15) is 29.3 Å². The molecule has 1 amide bonds. The summed E-state index contributed by atoms with van der Waals surface area (Å²) in [6.07, 6.45) is 0.813. The van der Waals surface area contributed by atoms with E-state index in [9.17, 15) is 9.18 Å². The molecule has 3 N–H and O–H groups in total. The van der Waals surface area contributed by atoms with Crippen LogP contribution in [0.5, 0.6) is 0 Å². The lowest BCUT2D eigenvalue weighted by molar-refractivity contribution is 0.0949. The summed E-state index contributed by atoms with van der Waals surface area (Å²) in [5.41, 5.74) is 5.77. The molecule has 0 saturated heterocycles. The lowest BCUT2D eigenvalue weighted by Crippen LogP contribution is -2.24. The average molecular weight is 234 g/mol. The van der Waals surface area contributed by atoms with Gasteiger partial charge in [-0.25, -0.2) is 4.39 Å². The third-order valence-corrected chi connectivity index (χ3v) is 2.08. The molecule has 0 saturated carbocycles. The fourth-order valence-corrected chi connectivity index (χ4v) is 1.26. The van der Waals surface area contributed by atoms with E-state index in [1.54, 1.807) is 6.07 Å². The zero-order valence-corrected chi connectivity index (χ0v) is 9.72. The Bertz CT molecular complexity index is 460. The largest absolute Gasteiger partial charge is 0.352 e. The van der Waals surface area contributed by atoms with Gasteiger partial charge in [-0.15, -0.1) is 0 Å². The number of hydrogen-bond acceptors (Lipinski definition) is 2. The molecule has 0 bridgehead atoms. The fraction of sp³-hybridized carbons (Fsp3) is 0.308. The van der Waals surface area contributed by atoms with Gasteiger partial charge in [0, 0.05) is 12.1 Å². The molecule has 0 aromatic heterocycles. The third kappa shape index (κ3) is 3.89. The fourth-order valence-electron chi connectivity index (χ4n) is 1.26. The molecule has 1 aromatic rings. The molecule has 0 aliphatic rings. The highest BCUT2D eigenvalue weighted by Crippen LogP contribution is 2.09. The van der Waals surface area contributed by atoms with Crippen molar-refractivity contribution in [1.29, 1.82) is 0 Å². The first-order chi connectivity index (χ1) is 8.19. The molecule has 17 heavy (non-hydrogen) atoms. The van der Waals surface area contributed by atoms with Crippen LogP contribution < -0.4 is 11.1 Å². The van der Waals surface area contributed by atoms with E-state index in [1.165, 1.54) is 12.1 Å². The van der Waals surface area contributed by atoms with Gasteiger partial charge in [-0.2, -0.15) is 0 Å². The Kier molecular flexibility index (Phi) is 5.18. The minimum atomic E-state index is -0.567. The lowest BCUT2D eigenvalue weighted by atomic mass is 10.1. The first kappa shape index (κ1) is 13.2. The van der Waals surface area contributed by atoms with Crippen molar-refractivity contribution in [2.75, 3.05) is 13.1 Å². The smallest absolute Gasteiger partial charge is 0.254 e. The number of carbonyl (C=O) groups is 1. The molecule has 0 spiro atoms. The minimum Gasteiger partial charge on any atom is -0.352 e. The van der Waals surface area contributed by atoms with Gasteiger partial charge in [0.15, 0.2) is 0 Å². The summed E-state index contributed by atoms with van der Waals surface area (Å²) in [4.78, 5) is 11.5. The number of nitrogens with one attached hydrogen (secondary N) is 1. The highest BCUT2D eigenvalue weighted by molar-refractivity contribution is 5.94. The Labute approximate surface area is 100 Å². The first-order valence-electron chi connectivity index (χ1n) is 5.45. The summed E-state index contributed by atoms with van der Waals surface area (Å²) >= 11 is 0. The van der Waals surface area contributed by atoms with Crippen molar-refractivity contribution in [3.63, 3.8) is 0 Å². The summed E-state index contributed by atoms with van der Waals surface area (Å²) in [7, 11) is 0. The average Bonchev–Trinajstić information content (AvgIpc) is 2.33. The maximum atomic E-state index is 13.6. The van der Waals surface area contributed by atoms with Crippen molar-refractivity contribution in [3.05, 3.63) is 35.1 Å². The predicted octanol–water partition coefficient (Wildman–Crippen LogP) is 1.28. The molecule has 4 heteroatoms. The lowest BCUT2D eigenvalue weighted by Gasteiger charge is -2.04. The molecular formula is C13H15FN2O. The van der Waals surface area contributed by atoms with E-state index in [4.69, 9.17) is 5.73 Å². The van der Waals surface area contributed by atoms with Gasteiger partial charge in [0.1, 0.15) is 5.82 Å². The SMILES string of the molecule is CCCNC(=O)c1ccc(C#CCN)cc1F. The van der Waals surface area contributed by atoms with Gasteiger partial charge < -0.3 is 11.1 Å².